The molecule has 100 valence electrons. The minimum atomic E-state index is 0.575. The maximum absolute atomic E-state index is 10.4. The third-order valence-electron chi connectivity index (χ3n) is 2.72. The lowest BCUT2D eigenvalue weighted by Crippen LogP contribution is -1.88. The van der Waals surface area contributed by atoms with Gasteiger partial charge in [-0.05, 0) is 35.2 Å². The first-order chi connectivity index (χ1) is 9.29. The van der Waals surface area contributed by atoms with Crippen LogP contribution in [0.2, 0.25) is 0 Å². The fourth-order valence-electron chi connectivity index (χ4n) is 1.81. The van der Waals surface area contributed by atoms with E-state index in [1.807, 2.05) is 50.2 Å². The van der Waals surface area contributed by atoms with E-state index in [0.717, 1.165) is 29.5 Å². The second kappa shape index (κ2) is 8.09. The molecule has 0 aliphatic rings. The van der Waals surface area contributed by atoms with E-state index in [1.165, 1.54) is 5.56 Å². The number of nitrogens with two attached hydrogens (primary N) is 1. The Labute approximate surface area is 115 Å². The molecular weight excluding hydrogens is 234 g/mol. The number of aryl methyl sites for hydroxylation is 1. The van der Waals surface area contributed by atoms with Gasteiger partial charge in [0.05, 0.1) is 0 Å². The van der Waals surface area contributed by atoms with Crippen molar-refractivity contribution < 1.29 is 4.79 Å². The molecule has 0 spiro atoms. The lowest BCUT2D eigenvalue weighted by atomic mass is 10.0. The molecule has 0 aliphatic heterocycles. The Kier molecular flexibility index (Phi) is 6.37. The summed E-state index contributed by atoms with van der Waals surface area (Å²) in [5.74, 6) is 0. The SMILES string of the molecule is CC.Nc1ccc(-c2cccc(CCC=O)c2)cc1. The summed E-state index contributed by atoms with van der Waals surface area (Å²) in [6.07, 6.45) is 2.33. The average molecular weight is 255 g/mol. The van der Waals surface area contributed by atoms with Crippen molar-refractivity contribution in [3.63, 3.8) is 0 Å². The summed E-state index contributed by atoms with van der Waals surface area (Å²) in [6.45, 7) is 4.00. The summed E-state index contributed by atoms with van der Waals surface area (Å²) in [4.78, 5) is 10.4. The molecule has 2 N–H and O–H groups in total. The van der Waals surface area contributed by atoms with Gasteiger partial charge in [-0.25, -0.2) is 0 Å². The van der Waals surface area contributed by atoms with Crippen molar-refractivity contribution in [3.8, 4) is 11.1 Å². The zero-order valence-electron chi connectivity index (χ0n) is 11.6. The van der Waals surface area contributed by atoms with E-state index in [1.54, 1.807) is 0 Å². The molecule has 2 nitrogen and oxygen atoms in total. The number of carbonyl (C=O) groups excluding carboxylic acids is 1. The van der Waals surface area contributed by atoms with Crippen LogP contribution in [0.25, 0.3) is 11.1 Å². The second-order valence-corrected chi connectivity index (χ2v) is 4.03. The predicted molar refractivity (Wildman–Crippen MR) is 82.0 cm³/mol. The summed E-state index contributed by atoms with van der Waals surface area (Å²) in [5.41, 5.74) is 9.92. The highest BCUT2D eigenvalue weighted by Crippen LogP contribution is 2.21. The minimum absolute atomic E-state index is 0.575. The molecule has 2 heteroatoms. The Balaban J connectivity index is 0.000000861. The van der Waals surface area contributed by atoms with Crippen LogP contribution in [-0.2, 0) is 11.2 Å². The quantitative estimate of drug-likeness (QED) is 0.660. The molecule has 19 heavy (non-hydrogen) atoms. The average Bonchev–Trinajstić information content (AvgIpc) is 2.48. The van der Waals surface area contributed by atoms with Gasteiger partial charge >= 0.3 is 0 Å². The van der Waals surface area contributed by atoms with Crippen LogP contribution >= 0.6 is 0 Å². The highest BCUT2D eigenvalue weighted by atomic mass is 16.1. The lowest BCUT2D eigenvalue weighted by molar-refractivity contribution is -0.107. The fourth-order valence-corrected chi connectivity index (χ4v) is 1.81. The molecule has 0 fully saturated rings. The number of nitrogen functional groups attached to an aromatic ring is 1. The number of anilines is 1. The van der Waals surface area contributed by atoms with Gasteiger partial charge in [0.1, 0.15) is 6.29 Å². The number of hydrogen-bond donors (Lipinski definition) is 1. The monoisotopic (exact) mass is 255 g/mol. The molecule has 0 radical (unpaired) electrons. The van der Waals surface area contributed by atoms with Gasteiger partial charge in [0, 0.05) is 12.1 Å². The largest absolute Gasteiger partial charge is 0.399 e. The van der Waals surface area contributed by atoms with Gasteiger partial charge in [-0.2, -0.15) is 0 Å². The van der Waals surface area contributed by atoms with E-state index in [4.69, 9.17) is 5.73 Å². The van der Waals surface area contributed by atoms with Gasteiger partial charge in [0.2, 0.25) is 0 Å². The van der Waals surface area contributed by atoms with E-state index in [-0.39, 0.29) is 0 Å². The number of carbonyl (C=O) groups is 1. The number of rotatable bonds is 4. The standard InChI is InChI=1S/C15H15NO.C2H6/c16-15-8-6-13(7-9-15)14-5-1-3-12(11-14)4-2-10-17;1-2/h1,3,5-11H,2,4,16H2;1-2H3. The second-order valence-electron chi connectivity index (χ2n) is 4.03. The van der Waals surface area contributed by atoms with E-state index < -0.39 is 0 Å². The molecular formula is C17H21NO. The maximum Gasteiger partial charge on any atom is 0.120 e. The smallest absolute Gasteiger partial charge is 0.120 e. The minimum Gasteiger partial charge on any atom is -0.399 e. The van der Waals surface area contributed by atoms with Crippen molar-refractivity contribution in [1.82, 2.24) is 0 Å². The van der Waals surface area contributed by atoms with Crippen LogP contribution in [0.15, 0.2) is 48.5 Å². The lowest BCUT2D eigenvalue weighted by Gasteiger charge is -2.05. The molecule has 0 aromatic heterocycles. The molecule has 0 saturated carbocycles. The van der Waals surface area contributed by atoms with Crippen molar-refractivity contribution in [2.75, 3.05) is 5.73 Å². The van der Waals surface area contributed by atoms with Crippen molar-refractivity contribution in [3.05, 3.63) is 54.1 Å². The highest BCUT2D eigenvalue weighted by Gasteiger charge is 1.99. The van der Waals surface area contributed by atoms with Crippen LogP contribution in [-0.4, -0.2) is 6.29 Å². The molecule has 0 atom stereocenters. The Morgan fingerprint density at radius 2 is 1.68 bits per heavy atom. The zero-order chi connectivity index (χ0) is 14.1. The van der Waals surface area contributed by atoms with Crippen LogP contribution in [0, 0.1) is 0 Å². The summed E-state index contributed by atoms with van der Waals surface area (Å²) in [5, 5.41) is 0. The Morgan fingerprint density at radius 3 is 2.32 bits per heavy atom. The van der Waals surface area contributed by atoms with E-state index in [2.05, 4.69) is 12.1 Å². The van der Waals surface area contributed by atoms with Crippen LogP contribution in [0.4, 0.5) is 5.69 Å². The van der Waals surface area contributed by atoms with Gasteiger partial charge in [0.25, 0.3) is 0 Å². The molecule has 2 aromatic rings. The van der Waals surface area contributed by atoms with Crippen molar-refractivity contribution in [2.45, 2.75) is 26.7 Å². The van der Waals surface area contributed by atoms with Gasteiger partial charge in [-0.15, -0.1) is 0 Å². The van der Waals surface area contributed by atoms with Gasteiger partial charge in [0.15, 0.2) is 0 Å². The molecule has 0 bridgehead atoms. The summed E-state index contributed by atoms with van der Waals surface area (Å²) >= 11 is 0. The molecule has 0 unspecified atom stereocenters. The summed E-state index contributed by atoms with van der Waals surface area (Å²) in [6, 6.07) is 16.1. The molecule has 0 heterocycles. The van der Waals surface area contributed by atoms with Gasteiger partial charge < -0.3 is 10.5 Å². The molecule has 2 rings (SSSR count). The van der Waals surface area contributed by atoms with Crippen LogP contribution in [0.3, 0.4) is 0 Å². The van der Waals surface area contributed by atoms with Gasteiger partial charge in [-0.3, -0.25) is 0 Å². The normalized spacial score (nSPS) is 9.37. The Bertz CT molecular complexity index is 503. The van der Waals surface area contributed by atoms with E-state index in [0.29, 0.717) is 6.42 Å². The first-order valence-electron chi connectivity index (χ1n) is 6.68. The number of hydrogen-bond acceptors (Lipinski definition) is 2. The maximum atomic E-state index is 10.4. The van der Waals surface area contributed by atoms with Crippen molar-refractivity contribution in [1.29, 1.82) is 0 Å². The van der Waals surface area contributed by atoms with Gasteiger partial charge in [-0.1, -0.05) is 50.2 Å². The molecule has 0 aliphatic carbocycles. The van der Waals surface area contributed by atoms with E-state index in [9.17, 15) is 4.79 Å². The number of benzene rings is 2. The fraction of sp³-hybridized carbons (Fsp3) is 0.235. The van der Waals surface area contributed by atoms with Crippen LogP contribution in [0.5, 0.6) is 0 Å². The van der Waals surface area contributed by atoms with E-state index >= 15 is 0 Å². The molecule has 0 amide bonds. The Hall–Kier alpha value is -2.09. The van der Waals surface area contributed by atoms with Crippen molar-refractivity contribution >= 4 is 12.0 Å². The first kappa shape index (κ1) is 15.0. The highest BCUT2D eigenvalue weighted by molar-refractivity contribution is 5.66. The first-order valence-corrected chi connectivity index (χ1v) is 6.68. The molecule has 2 aromatic carbocycles. The number of aldehydes is 1. The third-order valence-corrected chi connectivity index (χ3v) is 2.72. The van der Waals surface area contributed by atoms with Crippen LogP contribution in [0.1, 0.15) is 25.8 Å². The molecule has 0 saturated heterocycles. The Morgan fingerprint density at radius 1 is 1.00 bits per heavy atom. The third kappa shape index (κ3) is 4.59. The van der Waals surface area contributed by atoms with Crippen LogP contribution < -0.4 is 5.73 Å². The van der Waals surface area contributed by atoms with Crippen molar-refractivity contribution in [2.24, 2.45) is 0 Å². The summed E-state index contributed by atoms with van der Waals surface area (Å²) in [7, 11) is 0. The zero-order valence-corrected chi connectivity index (χ0v) is 11.6. The topological polar surface area (TPSA) is 43.1 Å². The predicted octanol–water partition coefficient (Wildman–Crippen LogP) is 4.09. The summed E-state index contributed by atoms with van der Waals surface area (Å²) < 4.78 is 0.